The lowest BCUT2D eigenvalue weighted by Crippen LogP contribution is -2.36. The minimum Gasteiger partial charge on any atom is -0.497 e. The number of guanidine groups is 1. The highest BCUT2D eigenvalue weighted by molar-refractivity contribution is 14.0. The molecule has 4 rings (SSSR count). The van der Waals surface area contributed by atoms with Gasteiger partial charge in [-0.2, -0.15) is 0 Å². The van der Waals surface area contributed by atoms with Crippen molar-refractivity contribution in [2.75, 3.05) is 13.7 Å². The van der Waals surface area contributed by atoms with Crippen molar-refractivity contribution in [3.8, 4) is 16.9 Å². The number of hydrogen-bond acceptors (Lipinski definition) is 5. The van der Waals surface area contributed by atoms with E-state index in [-0.39, 0.29) is 24.0 Å². The van der Waals surface area contributed by atoms with E-state index < -0.39 is 0 Å². The van der Waals surface area contributed by atoms with Gasteiger partial charge in [-0.1, -0.05) is 18.2 Å². The zero-order valence-corrected chi connectivity index (χ0v) is 20.6. The van der Waals surface area contributed by atoms with Crippen molar-refractivity contribution >= 4 is 46.9 Å². The number of fused-ring (bicyclic) bond motifs is 1. The van der Waals surface area contributed by atoms with E-state index in [1.165, 1.54) is 16.0 Å². The number of nitrogens with zero attached hydrogens (tertiary/aromatic N) is 4. The summed E-state index contributed by atoms with van der Waals surface area (Å²) in [6.07, 6.45) is 1.95. The van der Waals surface area contributed by atoms with E-state index in [1.54, 1.807) is 18.4 Å². The van der Waals surface area contributed by atoms with Crippen LogP contribution in [0.15, 0.2) is 65.1 Å². The minimum atomic E-state index is 0. The van der Waals surface area contributed by atoms with Gasteiger partial charge in [0, 0.05) is 17.6 Å². The standard InChI is InChI=1S/C22H24N6OS.HI/c1-3-23-22(25-14-21-27-26-20-6-4-5-11-28(20)21)24-13-19-12-17(15-30-19)16-7-9-18(29-2)10-8-16;/h4-12,15H,3,13-14H2,1-2H3,(H2,23,24,25);1H. The second-order valence-electron chi connectivity index (χ2n) is 6.62. The van der Waals surface area contributed by atoms with Gasteiger partial charge in [0.1, 0.15) is 12.3 Å². The first-order valence-corrected chi connectivity index (χ1v) is 10.7. The Morgan fingerprint density at radius 1 is 1.10 bits per heavy atom. The number of aliphatic imine (C=N–C) groups is 1. The summed E-state index contributed by atoms with van der Waals surface area (Å²) in [7, 11) is 1.68. The van der Waals surface area contributed by atoms with Gasteiger partial charge < -0.3 is 15.4 Å². The molecule has 0 fully saturated rings. The van der Waals surface area contributed by atoms with Crippen LogP contribution in [-0.4, -0.2) is 34.2 Å². The van der Waals surface area contributed by atoms with Crippen LogP contribution in [0.2, 0.25) is 0 Å². The molecule has 162 valence electrons. The van der Waals surface area contributed by atoms with Crippen LogP contribution in [0.3, 0.4) is 0 Å². The smallest absolute Gasteiger partial charge is 0.191 e. The zero-order valence-electron chi connectivity index (χ0n) is 17.4. The van der Waals surface area contributed by atoms with Crippen LogP contribution in [-0.2, 0) is 13.1 Å². The molecule has 0 saturated heterocycles. The fourth-order valence-corrected chi connectivity index (χ4v) is 3.90. The predicted molar refractivity (Wildman–Crippen MR) is 136 cm³/mol. The molecule has 0 aliphatic rings. The Bertz CT molecular complexity index is 1140. The van der Waals surface area contributed by atoms with Gasteiger partial charge in [0.15, 0.2) is 17.4 Å². The Morgan fingerprint density at radius 2 is 1.94 bits per heavy atom. The highest BCUT2D eigenvalue weighted by Gasteiger charge is 2.07. The molecule has 31 heavy (non-hydrogen) atoms. The Kier molecular flexibility index (Phi) is 8.24. The van der Waals surface area contributed by atoms with E-state index in [1.807, 2.05) is 40.9 Å². The van der Waals surface area contributed by atoms with Crippen LogP contribution < -0.4 is 15.4 Å². The molecule has 0 aliphatic carbocycles. The van der Waals surface area contributed by atoms with Crippen LogP contribution in [0.1, 0.15) is 17.6 Å². The van der Waals surface area contributed by atoms with Gasteiger partial charge in [-0.05, 0) is 53.8 Å². The molecule has 1 aromatic carbocycles. The maximum atomic E-state index is 5.23. The third kappa shape index (κ3) is 5.73. The van der Waals surface area contributed by atoms with Crippen LogP contribution in [0, 0.1) is 0 Å². The van der Waals surface area contributed by atoms with Gasteiger partial charge in [-0.25, -0.2) is 4.99 Å². The second-order valence-corrected chi connectivity index (χ2v) is 7.62. The number of benzene rings is 1. The van der Waals surface area contributed by atoms with Gasteiger partial charge in [-0.15, -0.1) is 45.5 Å². The van der Waals surface area contributed by atoms with E-state index in [2.05, 4.69) is 56.3 Å². The number of methoxy groups -OCH3 is 1. The average Bonchev–Trinajstić information content (AvgIpc) is 3.43. The van der Waals surface area contributed by atoms with Crippen molar-refractivity contribution in [2.24, 2.45) is 4.99 Å². The normalized spacial score (nSPS) is 11.2. The maximum Gasteiger partial charge on any atom is 0.191 e. The van der Waals surface area contributed by atoms with E-state index in [4.69, 9.17) is 4.74 Å². The van der Waals surface area contributed by atoms with Crippen molar-refractivity contribution in [3.63, 3.8) is 0 Å². The first-order chi connectivity index (χ1) is 14.8. The highest BCUT2D eigenvalue weighted by Crippen LogP contribution is 2.27. The molecule has 7 nitrogen and oxygen atoms in total. The number of ether oxygens (including phenoxy) is 1. The second kappa shape index (κ2) is 11.1. The van der Waals surface area contributed by atoms with Crippen LogP contribution >= 0.6 is 35.3 Å². The van der Waals surface area contributed by atoms with Crippen LogP contribution in [0.4, 0.5) is 0 Å². The molecule has 0 atom stereocenters. The molecule has 4 aromatic rings. The molecule has 3 aromatic heterocycles. The number of nitrogens with one attached hydrogen (secondary N) is 2. The van der Waals surface area contributed by atoms with E-state index in [0.717, 1.165) is 29.7 Å². The van der Waals surface area contributed by atoms with Gasteiger partial charge in [0.25, 0.3) is 0 Å². The van der Waals surface area contributed by atoms with E-state index in [0.29, 0.717) is 13.1 Å². The molecule has 0 amide bonds. The summed E-state index contributed by atoms with van der Waals surface area (Å²) >= 11 is 1.73. The molecule has 0 saturated carbocycles. The molecule has 0 bridgehead atoms. The van der Waals surface area contributed by atoms with Crippen LogP contribution in [0.25, 0.3) is 16.8 Å². The molecular formula is C22H25IN6OS. The molecule has 3 heterocycles. The fraction of sp³-hybridized carbons (Fsp3) is 0.227. The summed E-state index contributed by atoms with van der Waals surface area (Å²) in [5.41, 5.74) is 3.21. The largest absolute Gasteiger partial charge is 0.497 e. The van der Waals surface area contributed by atoms with E-state index in [9.17, 15) is 0 Å². The maximum absolute atomic E-state index is 5.23. The number of thiophene rings is 1. The summed E-state index contributed by atoms with van der Waals surface area (Å²) in [6.45, 7) is 3.99. The lowest BCUT2D eigenvalue weighted by atomic mass is 10.1. The van der Waals surface area contributed by atoms with Crippen molar-refractivity contribution in [1.29, 1.82) is 0 Å². The number of hydrogen-bond donors (Lipinski definition) is 2. The number of rotatable bonds is 7. The summed E-state index contributed by atoms with van der Waals surface area (Å²) < 4.78 is 7.19. The SMILES string of the molecule is CCNC(=NCc1nnc2ccccn12)NCc1cc(-c2ccc(OC)cc2)cs1.I. The first kappa shape index (κ1) is 23.0. The van der Waals surface area contributed by atoms with Crippen molar-refractivity contribution < 1.29 is 4.74 Å². The lowest BCUT2D eigenvalue weighted by molar-refractivity contribution is 0.415. The van der Waals surface area contributed by atoms with Gasteiger partial charge in [-0.3, -0.25) is 4.40 Å². The predicted octanol–water partition coefficient (Wildman–Crippen LogP) is 4.34. The van der Waals surface area contributed by atoms with Crippen molar-refractivity contribution in [1.82, 2.24) is 25.2 Å². The highest BCUT2D eigenvalue weighted by atomic mass is 127. The number of halogens is 1. The molecule has 0 unspecified atom stereocenters. The average molecular weight is 548 g/mol. The molecular weight excluding hydrogens is 523 g/mol. The monoisotopic (exact) mass is 548 g/mol. The zero-order chi connectivity index (χ0) is 20.8. The molecule has 9 heteroatoms. The molecule has 2 N–H and O–H groups in total. The summed E-state index contributed by atoms with van der Waals surface area (Å²) in [4.78, 5) is 5.90. The van der Waals surface area contributed by atoms with Crippen molar-refractivity contribution in [2.45, 2.75) is 20.0 Å². The quantitative estimate of drug-likeness (QED) is 0.204. The Morgan fingerprint density at radius 3 is 2.71 bits per heavy atom. The Balaban J connectivity index is 0.00000272. The fourth-order valence-electron chi connectivity index (χ4n) is 3.07. The molecule has 0 radical (unpaired) electrons. The minimum absolute atomic E-state index is 0. The summed E-state index contributed by atoms with van der Waals surface area (Å²) in [5.74, 6) is 2.42. The number of pyridine rings is 1. The van der Waals surface area contributed by atoms with Gasteiger partial charge in [0.05, 0.1) is 13.7 Å². The third-order valence-electron chi connectivity index (χ3n) is 4.61. The van der Waals surface area contributed by atoms with Gasteiger partial charge >= 0.3 is 0 Å². The topological polar surface area (TPSA) is 75.8 Å². The first-order valence-electron chi connectivity index (χ1n) is 9.79. The summed E-state index contributed by atoms with van der Waals surface area (Å²) in [5, 5.41) is 17.3. The van der Waals surface area contributed by atoms with Crippen LogP contribution in [0.5, 0.6) is 5.75 Å². The lowest BCUT2D eigenvalue weighted by Gasteiger charge is -2.10. The Hall–Kier alpha value is -2.66. The third-order valence-corrected chi connectivity index (χ3v) is 5.55. The summed E-state index contributed by atoms with van der Waals surface area (Å²) in [6, 6.07) is 16.2. The van der Waals surface area contributed by atoms with Gasteiger partial charge in [0.2, 0.25) is 0 Å². The number of aromatic nitrogens is 3. The van der Waals surface area contributed by atoms with E-state index >= 15 is 0 Å². The Labute approximate surface area is 202 Å². The molecule has 0 aliphatic heterocycles. The van der Waals surface area contributed by atoms with Crippen molar-refractivity contribution in [3.05, 3.63) is 70.8 Å². The molecule has 0 spiro atoms.